The van der Waals surface area contributed by atoms with Crippen LogP contribution < -0.4 is 4.72 Å². The van der Waals surface area contributed by atoms with Crippen molar-refractivity contribution in [2.45, 2.75) is 33.6 Å². The smallest absolute Gasteiger partial charge is 0.279 e. The molecule has 1 saturated heterocycles. The lowest BCUT2D eigenvalue weighted by atomic mass is 9.94. The standard InChI is InChI=1S/C12H26N2O3S/c1-4-17-7-5-6-13-18(15,16)14-9-11(2)8-12(3)10-14/h11-13H,4-10H2,1-3H3. The second-order valence-corrected chi connectivity index (χ2v) is 6.97. The minimum absolute atomic E-state index is 0.439. The van der Waals surface area contributed by atoms with Crippen molar-refractivity contribution in [1.29, 1.82) is 0 Å². The first-order chi connectivity index (χ1) is 8.45. The molecule has 0 amide bonds. The third-order valence-electron chi connectivity index (χ3n) is 3.13. The highest BCUT2D eigenvalue weighted by Gasteiger charge is 2.29. The van der Waals surface area contributed by atoms with E-state index in [-0.39, 0.29) is 0 Å². The second-order valence-electron chi connectivity index (χ2n) is 5.21. The van der Waals surface area contributed by atoms with Gasteiger partial charge in [-0.3, -0.25) is 0 Å². The zero-order valence-electron chi connectivity index (χ0n) is 11.7. The quantitative estimate of drug-likeness (QED) is 0.713. The molecule has 0 bridgehead atoms. The maximum atomic E-state index is 12.1. The summed E-state index contributed by atoms with van der Waals surface area (Å²) in [5, 5.41) is 0. The highest BCUT2D eigenvalue weighted by molar-refractivity contribution is 7.87. The van der Waals surface area contributed by atoms with Gasteiger partial charge in [0.15, 0.2) is 0 Å². The number of ether oxygens (including phenoxy) is 1. The predicted molar refractivity (Wildman–Crippen MR) is 72.6 cm³/mol. The zero-order valence-corrected chi connectivity index (χ0v) is 12.5. The van der Waals surface area contributed by atoms with Gasteiger partial charge in [0.05, 0.1) is 0 Å². The first-order valence-electron chi connectivity index (χ1n) is 6.78. The summed E-state index contributed by atoms with van der Waals surface area (Å²) in [6.07, 6.45) is 1.82. The van der Waals surface area contributed by atoms with Gasteiger partial charge < -0.3 is 4.74 Å². The van der Waals surface area contributed by atoms with E-state index in [0.29, 0.717) is 51.1 Å². The van der Waals surface area contributed by atoms with E-state index in [1.807, 2.05) is 6.92 Å². The lowest BCUT2D eigenvalue weighted by Crippen LogP contribution is -2.48. The molecule has 1 fully saturated rings. The maximum absolute atomic E-state index is 12.1. The molecule has 2 atom stereocenters. The summed E-state index contributed by atoms with van der Waals surface area (Å²) in [5.74, 6) is 0.877. The number of piperidine rings is 1. The summed E-state index contributed by atoms with van der Waals surface area (Å²) >= 11 is 0. The molecule has 0 aromatic carbocycles. The van der Waals surface area contributed by atoms with E-state index in [9.17, 15) is 8.42 Å². The molecule has 1 heterocycles. The van der Waals surface area contributed by atoms with Gasteiger partial charge in [-0.2, -0.15) is 12.7 Å². The molecular formula is C12H26N2O3S. The van der Waals surface area contributed by atoms with Crippen molar-refractivity contribution in [2.24, 2.45) is 11.8 Å². The lowest BCUT2D eigenvalue weighted by Gasteiger charge is -2.33. The van der Waals surface area contributed by atoms with Crippen LogP contribution in [-0.4, -0.2) is 45.6 Å². The largest absolute Gasteiger partial charge is 0.382 e. The van der Waals surface area contributed by atoms with Crippen molar-refractivity contribution in [2.75, 3.05) is 32.8 Å². The molecule has 18 heavy (non-hydrogen) atoms. The van der Waals surface area contributed by atoms with Crippen LogP contribution in [0.15, 0.2) is 0 Å². The third kappa shape index (κ3) is 5.22. The van der Waals surface area contributed by atoms with E-state index < -0.39 is 10.2 Å². The molecule has 0 aromatic heterocycles. The van der Waals surface area contributed by atoms with E-state index in [4.69, 9.17) is 4.74 Å². The highest BCUT2D eigenvalue weighted by Crippen LogP contribution is 2.22. The van der Waals surface area contributed by atoms with Crippen LogP contribution in [-0.2, 0) is 14.9 Å². The fraction of sp³-hybridized carbons (Fsp3) is 1.00. The van der Waals surface area contributed by atoms with Gasteiger partial charge in [0.25, 0.3) is 10.2 Å². The van der Waals surface area contributed by atoms with Crippen LogP contribution in [0.1, 0.15) is 33.6 Å². The van der Waals surface area contributed by atoms with E-state index in [2.05, 4.69) is 18.6 Å². The average molecular weight is 278 g/mol. The minimum Gasteiger partial charge on any atom is -0.382 e. The summed E-state index contributed by atoms with van der Waals surface area (Å²) in [6.45, 7) is 9.12. The Balaban J connectivity index is 2.38. The van der Waals surface area contributed by atoms with Crippen molar-refractivity contribution in [3.8, 4) is 0 Å². The SMILES string of the molecule is CCOCCCNS(=O)(=O)N1CC(C)CC(C)C1. The number of hydrogen-bond acceptors (Lipinski definition) is 3. The second kappa shape index (κ2) is 7.43. The van der Waals surface area contributed by atoms with Gasteiger partial charge in [0, 0.05) is 32.8 Å². The van der Waals surface area contributed by atoms with Crippen LogP contribution >= 0.6 is 0 Å². The molecule has 2 unspecified atom stereocenters. The van der Waals surface area contributed by atoms with E-state index in [1.54, 1.807) is 4.31 Å². The Bertz CT molecular complexity index is 322. The summed E-state index contributed by atoms with van der Waals surface area (Å²) in [4.78, 5) is 0. The Labute approximate surface area is 111 Å². The van der Waals surface area contributed by atoms with E-state index >= 15 is 0 Å². The van der Waals surface area contributed by atoms with Gasteiger partial charge in [-0.25, -0.2) is 4.72 Å². The molecule has 1 N–H and O–H groups in total. The maximum Gasteiger partial charge on any atom is 0.279 e. The monoisotopic (exact) mass is 278 g/mol. The number of nitrogens with zero attached hydrogens (tertiary/aromatic N) is 1. The lowest BCUT2D eigenvalue weighted by molar-refractivity contribution is 0.145. The summed E-state index contributed by atoms with van der Waals surface area (Å²) < 4.78 is 33.6. The van der Waals surface area contributed by atoms with Crippen LogP contribution in [0.3, 0.4) is 0 Å². The highest BCUT2D eigenvalue weighted by atomic mass is 32.2. The number of hydrogen-bond donors (Lipinski definition) is 1. The number of rotatable bonds is 7. The van der Waals surface area contributed by atoms with Gasteiger partial charge in [0.2, 0.25) is 0 Å². The third-order valence-corrected chi connectivity index (χ3v) is 4.68. The summed E-state index contributed by atoms with van der Waals surface area (Å²) in [7, 11) is -3.31. The average Bonchev–Trinajstić information content (AvgIpc) is 2.27. The molecule has 1 aliphatic rings. The zero-order chi connectivity index (χ0) is 13.6. The van der Waals surface area contributed by atoms with Gasteiger partial charge in [-0.15, -0.1) is 0 Å². The first kappa shape index (κ1) is 15.9. The van der Waals surface area contributed by atoms with Crippen LogP contribution in [0.4, 0.5) is 0 Å². The van der Waals surface area contributed by atoms with Crippen molar-refractivity contribution in [3.05, 3.63) is 0 Å². The molecule has 0 saturated carbocycles. The Morgan fingerprint density at radius 2 is 1.89 bits per heavy atom. The summed E-state index contributed by atoms with van der Waals surface area (Å²) in [5.41, 5.74) is 0. The molecule has 6 heteroatoms. The Kier molecular flexibility index (Phi) is 6.55. The molecule has 0 aliphatic carbocycles. The molecule has 0 aromatic rings. The fourth-order valence-corrected chi connectivity index (χ4v) is 3.90. The van der Waals surface area contributed by atoms with Crippen molar-refractivity contribution < 1.29 is 13.2 Å². The van der Waals surface area contributed by atoms with E-state index in [1.165, 1.54) is 0 Å². The number of nitrogens with one attached hydrogen (secondary N) is 1. The molecule has 1 aliphatic heterocycles. The van der Waals surface area contributed by atoms with Crippen LogP contribution in [0.25, 0.3) is 0 Å². The van der Waals surface area contributed by atoms with Crippen molar-refractivity contribution >= 4 is 10.2 Å². The Morgan fingerprint density at radius 1 is 1.28 bits per heavy atom. The molecular weight excluding hydrogens is 252 g/mol. The van der Waals surface area contributed by atoms with Crippen LogP contribution in [0.2, 0.25) is 0 Å². The fourth-order valence-electron chi connectivity index (χ4n) is 2.41. The van der Waals surface area contributed by atoms with Gasteiger partial charge in [-0.05, 0) is 31.6 Å². The predicted octanol–water partition coefficient (Wildman–Crippen LogP) is 1.23. The van der Waals surface area contributed by atoms with E-state index in [0.717, 1.165) is 6.42 Å². The van der Waals surface area contributed by atoms with Gasteiger partial charge in [0.1, 0.15) is 0 Å². The van der Waals surface area contributed by atoms with Crippen molar-refractivity contribution in [3.63, 3.8) is 0 Å². The minimum atomic E-state index is -3.31. The Morgan fingerprint density at radius 3 is 2.44 bits per heavy atom. The molecule has 5 nitrogen and oxygen atoms in total. The normalized spacial score (nSPS) is 26.4. The molecule has 0 radical (unpaired) electrons. The molecule has 108 valence electrons. The molecule has 0 spiro atoms. The topological polar surface area (TPSA) is 58.6 Å². The van der Waals surface area contributed by atoms with Crippen LogP contribution in [0.5, 0.6) is 0 Å². The van der Waals surface area contributed by atoms with Gasteiger partial charge in [-0.1, -0.05) is 13.8 Å². The van der Waals surface area contributed by atoms with Crippen LogP contribution in [0, 0.1) is 11.8 Å². The summed E-state index contributed by atoms with van der Waals surface area (Å²) in [6, 6.07) is 0. The van der Waals surface area contributed by atoms with Crippen molar-refractivity contribution in [1.82, 2.24) is 9.03 Å². The van der Waals surface area contributed by atoms with Gasteiger partial charge >= 0.3 is 0 Å². The Hall–Kier alpha value is -0.170. The first-order valence-corrected chi connectivity index (χ1v) is 8.22. The molecule has 1 rings (SSSR count).